The number of amides is 2. The van der Waals surface area contributed by atoms with E-state index in [1.165, 1.54) is 6.92 Å². The van der Waals surface area contributed by atoms with Gasteiger partial charge in [0.15, 0.2) is 0 Å². The summed E-state index contributed by atoms with van der Waals surface area (Å²) < 4.78 is 0. The van der Waals surface area contributed by atoms with E-state index in [9.17, 15) is 14.4 Å². The first-order valence-corrected chi connectivity index (χ1v) is 5.79. The lowest BCUT2D eigenvalue weighted by molar-refractivity contribution is -0.137. The van der Waals surface area contributed by atoms with Gasteiger partial charge in [0.1, 0.15) is 12.1 Å². The van der Waals surface area contributed by atoms with Gasteiger partial charge in [-0.3, -0.25) is 14.4 Å². The molecule has 17 heavy (non-hydrogen) atoms. The largest absolute Gasteiger partial charge is 0.480 e. The first-order chi connectivity index (χ1) is 7.76. The maximum absolute atomic E-state index is 10.4. The van der Waals surface area contributed by atoms with Crippen molar-refractivity contribution in [1.29, 1.82) is 0 Å². The van der Waals surface area contributed by atoms with Gasteiger partial charge in [0.25, 0.3) is 0 Å². The molecule has 0 saturated carbocycles. The van der Waals surface area contributed by atoms with Crippen molar-refractivity contribution in [3.8, 4) is 0 Å². The lowest BCUT2D eigenvalue weighted by Crippen LogP contribution is -2.44. The Morgan fingerprint density at radius 2 is 1.76 bits per heavy atom. The van der Waals surface area contributed by atoms with Crippen LogP contribution in [0.3, 0.4) is 0 Å². The molecule has 0 aromatic rings. The number of carboxylic acid groups (broad SMARTS) is 1. The first-order valence-electron chi connectivity index (χ1n) is 4.52. The van der Waals surface area contributed by atoms with Gasteiger partial charge < -0.3 is 21.9 Å². The lowest BCUT2D eigenvalue weighted by atomic mass is 10.3. The van der Waals surface area contributed by atoms with Gasteiger partial charge >= 0.3 is 5.97 Å². The summed E-state index contributed by atoms with van der Waals surface area (Å²) in [6.45, 7) is 1.32. The number of hydrogen-bond acceptors (Lipinski definition) is 6. The van der Waals surface area contributed by atoms with Crippen molar-refractivity contribution in [2.75, 3.05) is 11.5 Å². The number of carbonyl (C=O) groups is 3. The summed E-state index contributed by atoms with van der Waals surface area (Å²) in [5.74, 6) is -1.43. The zero-order valence-electron chi connectivity index (χ0n) is 9.29. The number of thiol groups is 2. The van der Waals surface area contributed by atoms with E-state index in [0.29, 0.717) is 0 Å². The van der Waals surface area contributed by atoms with Gasteiger partial charge in [-0.05, 0) is 0 Å². The number of primary amides is 1. The second kappa shape index (κ2) is 10.2. The Morgan fingerprint density at radius 3 is 1.82 bits per heavy atom. The van der Waals surface area contributed by atoms with Crippen LogP contribution in [0.2, 0.25) is 0 Å². The zero-order chi connectivity index (χ0) is 14.0. The summed E-state index contributed by atoms with van der Waals surface area (Å²) in [5, 5.41) is 10.3. The SMILES string of the molecule is CC(=O)NC(CS)C(N)=O.NC(CS)C(=O)O. The molecule has 9 heteroatoms. The minimum Gasteiger partial charge on any atom is -0.480 e. The minimum absolute atomic E-state index is 0.190. The Bertz CT molecular complexity index is 275. The maximum atomic E-state index is 10.4. The molecule has 0 aliphatic carbocycles. The van der Waals surface area contributed by atoms with Gasteiger partial charge in [0.2, 0.25) is 11.8 Å². The molecular formula is C8H17N3O4S2. The van der Waals surface area contributed by atoms with Gasteiger partial charge in [-0.2, -0.15) is 25.3 Å². The number of carboxylic acids is 1. The fourth-order valence-corrected chi connectivity index (χ4v) is 0.958. The summed E-state index contributed by atoms with van der Waals surface area (Å²) in [4.78, 5) is 30.5. The molecular weight excluding hydrogens is 266 g/mol. The summed E-state index contributed by atoms with van der Waals surface area (Å²) in [5.41, 5.74) is 9.83. The van der Waals surface area contributed by atoms with Crippen LogP contribution < -0.4 is 16.8 Å². The average Bonchev–Trinajstić information content (AvgIpc) is 2.24. The third-order valence-corrected chi connectivity index (χ3v) is 2.18. The highest BCUT2D eigenvalue weighted by atomic mass is 32.1. The molecule has 2 amide bonds. The fraction of sp³-hybridized carbons (Fsp3) is 0.625. The van der Waals surface area contributed by atoms with E-state index in [2.05, 4.69) is 30.6 Å². The predicted octanol–water partition coefficient (Wildman–Crippen LogP) is -1.77. The Morgan fingerprint density at radius 1 is 1.29 bits per heavy atom. The monoisotopic (exact) mass is 283 g/mol. The molecule has 2 atom stereocenters. The molecule has 0 saturated heterocycles. The number of aliphatic carboxylic acids is 1. The summed E-state index contributed by atoms with van der Waals surface area (Å²) in [6, 6.07) is -1.47. The van der Waals surface area contributed by atoms with Crippen LogP contribution in [0, 0.1) is 0 Å². The lowest BCUT2D eigenvalue weighted by Gasteiger charge is -2.09. The molecule has 0 aromatic heterocycles. The molecule has 0 aliphatic rings. The van der Waals surface area contributed by atoms with Crippen molar-refractivity contribution in [2.24, 2.45) is 11.5 Å². The number of rotatable bonds is 5. The van der Waals surface area contributed by atoms with E-state index >= 15 is 0 Å². The maximum Gasteiger partial charge on any atom is 0.321 e. The van der Waals surface area contributed by atoms with Crippen molar-refractivity contribution < 1.29 is 19.5 Å². The normalized spacial score (nSPS) is 12.7. The highest BCUT2D eigenvalue weighted by Gasteiger charge is 2.12. The Kier molecular flexibility index (Phi) is 11.1. The summed E-state index contributed by atoms with van der Waals surface area (Å²) in [7, 11) is 0. The Balaban J connectivity index is 0. The van der Waals surface area contributed by atoms with E-state index in [4.69, 9.17) is 16.6 Å². The van der Waals surface area contributed by atoms with Crippen LogP contribution in [-0.2, 0) is 14.4 Å². The van der Waals surface area contributed by atoms with Crippen molar-refractivity contribution in [2.45, 2.75) is 19.0 Å². The summed E-state index contributed by atoms with van der Waals surface area (Å²) >= 11 is 7.46. The topological polar surface area (TPSA) is 136 Å². The number of nitrogens with one attached hydrogen (secondary N) is 1. The third kappa shape index (κ3) is 11.3. The van der Waals surface area contributed by atoms with Gasteiger partial charge in [0, 0.05) is 18.4 Å². The predicted molar refractivity (Wildman–Crippen MR) is 70.1 cm³/mol. The molecule has 0 spiro atoms. The second-order valence-corrected chi connectivity index (χ2v) is 3.70. The molecule has 0 fully saturated rings. The van der Waals surface area contributed by atoms with Gasteiger partial charge in [-0.25, -0.2) is 0 Å². The van der Waals surface area contributed by atoms with Crippen LogP contribution in [-0.4, -0.2) is 46.5 Å². The third-order valence-electron chi connectivity index (χ3n) is 1.42. The quantitative estimate of drug-likeness (QED) is 0.332. The van der Waals surface area contributed by atoms with E-state index in [1.54, 1.807) is 0 Å². The van der Waals surface area contributed by atoms with Crippen LogP contribution in [0.4, 0.5) is 0 Å². The Hall–Kier alpha value is -0.930. The summed E-state index contributed by atoms with van der Waals surface area (Å²) in [6.07, 6.45) is 0. The van der Waals surface area contributed by atoms with Crippen molar-refractivity contribution in [3.63, 3.8) is 0 Å². The molecule has 0 aliphatic heterocycles. The van der Waals surface area contributed by atoms with Crippen LogP contribution in [0.15, 0.2) is 0 Å². The zero-order valence-corrected chi connectivity index (χ0v) is 11.1. The molecule has 6 N–H and O–H groups in total. The fourth-order valence-electron chi connectivity index (χ4n) is 0.530. The molecule has 2 unspecified atom stereocenters. The van der Waals surface area contributed by atoms with E-state index in [0.717, 1.165) is 0 Å². The minimum atomic E-state index is -1.00. The number of carbonyl (C=O) groups excluding carboxylic acids is 2. The smallest absolute Gasteiger partial charge is 0.321 e. The average molecular weight is 283 g/mol. The second-order valence-electron chi connectivity index (χ2n) is 2.97. The number of nitrogens with two attached hydrogens (primary N) is 2. The molecule has 7 nitrogen and oxygen atoms in total. The Labute approximate surface area is 110 Å². The molecule has 0 aromatic carbocycles. The van der Waals surface area contributed by atoms with Crippen LogP contribution in [0.1, 0.15) is 6.92 Å². The van der Waals surface area contributed by atoms with E-state index < -0.39 is 24.0 Å². The van der Waals surface area contributed by atoms with Crippen LogP contribution >= 0.6 is 25.3 Å². The molecule has 0 bridgehead atoms. The number of hydrogen-bond donors (Lipinski definition) is 6. The van der Waals surface area contributed by atoms with Crippen molar-refractivity contribution >= 4 is 43.0 Å². The standard InChI is InChI=1S/C5H10N2O2S.C3H7NO2S/c1-3(8)7-4(2-10)5(6)9;4-2(1-7)3(5)6/h4,10H,2H2,1H3,(H2,6,9)(H,7,8);2,7H,1,4H2,(H,5,6). The van der Waals surface area contributed by atoms with E-state index in [-0.39, 0.29) is 17.4 Å². The molecule has 100 valence electrons. The van der Waals surface area contributed by atoms with Gasteiger partial charge in [0.05, 0.1) is 0 Å². The van der Waals surface area contributed by atoms with Crippen LogP contribution in [0.5, 0.6) is 0 Å². The van der Waals surface area contributed by atoms with Gasteiger partial charge in [-0.1, -0.05) is 0 Å². The molecule has 0 rings (SSSR count). The van der Waals surface area contributed by atoms with Crippen molar-refractivity contribution in [1.82, 2.24) is 5.32 Å². The van der Waals surface area contributed by atoms with Crippen molar-refractivity contribution in [3.05, 3.63) is 0 Å². The molecule has 0 heterocycles. The highest BCUT2D eigenvalue weighted by molar-refractivity contribution is 7.80. The van der Waals surface area contributed by atoms with Crippen LogP contribution in [0.25, 0.3) is 0 Å². The first kappa shape index (κ1) is 18.4. The van der Waals surface area contributed by atoms with E-state index in [1.807, 2.05) is 0 Å². The highest BCUT2D eigenvalue weighted by Crippen LogP contribution is 1.85. The van der Waals surface area contributed by atoms with Gasteiger partial charge in [-0.15, -0.1) is 0 Å². The molecule has 0 radical (unpaired) electrons.